The number of nitrogens with zero attached hydrogens (tertiary/aromatic N) is 4. The summed E-state index contributed by atoms with van der Waals surface area (Å²) in [7, 11) is -1.46. The van der Waals surface area contributed by atoms with Crippen molar-refractivity contribution in [3.63, 3.8) is 0 Å². The third-order valence-electron chi connectivity index (χ3n) is 3.74. The van der Waals surface area contributed by atoms with E-state index in [0.717, 1.165) is 22.5 Å². The van der Waals surface area contributed by atoms with Crippen LogP contribution in [0.5, 0.6) is 0 Å². The van der Waals surface area contributed by atoms with Crippen LogP contribution in [0.15, 0.2) is 42.9 Å². The molecule has 0 saturated carbocycles. The Morgan fingerprint density at radius 2 is 1.85 bits per heavy atom. The van der Waals surface area contributed by atoms with Crippen LogP contribution in [0.3, 0.4) is 0 Å². The van der Waals surface area contributed by atoms with Gasteiger partial charge < -0.3 is 5.32 Å². The summed E-state index contributed by atoms with van der Waals surface area (Å²) in [4.78, 5) is 8.86. The monoisotopic (exact) mass is 372 g/mol. The molecule has 0 aliphatic heterocycles. The van der Waals surface area contributed by atoms with Crippen molar-refractivity contribution < 1.29 is 8.42 Å². The van der Waals surface area contributed by atoms with Crippen molar-refractivity contribution in [2.24, 2.45) is 7.05 Å². The first kappa shape index (κ1) is 17.9. The smallest absolute Gasteiger partial charge is 0.232 e. The second kappa shape index (κ2) is 7.12. The van der Waals surface area contributed by atoms with Gasteiger partial charge >= 0.3 is 0 Å². The molecule has 0 radical (unpaired) electrons. The van der Waals surface area contributed by atoms with Crippen LogP contribution >= 0.6 is 0 Å². The number of rotatable bonds is 6. The van der Waals surface area contributed by atoms with E-state index in [1.165, 1.54) is 0 Å². The molecule has 0 spiro atoms. The fourth-order valence-electron chi connectivity index (χ4n) is 2.36. The lowest BCUT2D eigenvalue weighted by Gasteiger charge is -2.10. The molecule has 1 aromatic carbocycles. The second-order valence-electron chi connectivity index (χ2n) is 5.84. The van der Waals surface area contributed by atoms with Crippen molar-refractivity contribution in [1.82, 2.24) is 19.7 Å². The number of nitrogens with one attached hydrogen (secondary N) is 2. The van der Waals surface area contributed by atoms with Crippen molar-refractivity contribution in [2.45, 2.75) is 13.8 Å². The first-order chi connectivity index (χ1) is 12.4. The highest BCUT2D eigenvalue weighted by Crippen LogP contribution is 2.24. The molecule has 0 atom stereocenters. The lowest BCUT2D eigenvalue weighted by molar-refractivity contribution is 0.602. The lowest BCUT2D eigenvalue weighted by Crippen LogP contribution is -2.14. The Hall–Kier alpha value is -2.94. The number of anilines is 3. The molecule has 9 heteroatoms. The molecular formula is C17H20N6O2S. The van der Waals surface area contributed by atoms with Gasteiger partial charge in [0, 0.05) is 30.7 Å². The number of aromatic nitrogens is 4. The van der Waals surface area contributed by atoms with Crippen LogP contribution in [0.4, 0.5) is 17.3 Å². The molecular weight excluding hydrogens is 352 g/mol. The van der Waals surface area contributed by atoms with Crippen LogP contribution in [0.2, 0.25) is 0 Å². The Kier molecular flexibility index (Phi) is 4.90. The fourth-order valence-corrected chi connectivity index (χ4v) is 3.00. The van der Waals surface area contributed by atoms with Crippen LogP contribution in [0.25, 0.3) is 11.3 Å². The Labute approximate surface area is 152 Å². The first-order valence-corrected chi connectivity index (χ1v) is 9.72. The third-order valence-corrected chi connectivity index (χ3v) is 5.05. The zero-order valence-electron chi connectivity index (χ0n) is 14.8. The molecule has 2 heterocycles. The van der Waals surface area contributed by atoms with Gasteiger partial charge in [0.15, 0.2) is 0 Å². The molecule has 0 bridgehead atoms. The van der Waals surface area contributed by atoms with Crippen LogP contribution < -0.4 is 10.0 Å². The van der Waals surface area contributed by atoms with Gasteiger partial charge in [-0.05, 0) is 31.5 Å². The van der Waals surface area contributed by atoms with Crippen LogP contribution in [0, 0.1) is 6.92 Å². The molecule has 0 saturated heterocycles. The maximum absolute atomic E-state index is 11.7. The first-order valence-electron chi connectivity index (χ1n) is 8.06. The van der Waals surface area contributed by atoms with E-state index in [4.69, 9.17) is 0 Å². The molecule has 0 amide bonds. The van der Waals surface area contributed by atoms with Gasteiger partial charge in [0.05, 0.1) is 23.3 Å². The van der Waals surface area contributed by atoms with Gasteiger partial charge in [0.2, 0.25) is 16.0 Å². The molecule has 2 N–H and O–H groups in total. The molecule has 3 rings (SSSR count). The molecule has 2 aromatic heterocycles. The quantitative estimate of drug-likeness (QED) is 0.690. The Morgan fingerprint density at radius 3 is 2.46 bits per heavy atom. The molecule has 0 fully saturated rings. The predicted octanol–water partition coefficient (Wildman–Crippen LogP) is 2.69. The molecule has 0 unspecified atom stereocenters. The van der Waals surface area contributed by atoms with Crippen LogP contribution in [0.1, 0.15) is 12.5 Å². The number of aryl methyl sites for hydroxylation is 2. The fraction of sp³-hybridized carbons (Fsp3) is 0.235. The second-order valence-corrected chi connectivity index (χ2v) is 7.85. The Balaban J connectivity index is 1.85. The molecule has 0 aliphatic rings. The summed E-state index contributed by atoms with van der Waals surface area (Å²) in [5, 5.41) is 7.21. The van der Waals surface area contributed by atoms with E-state index in [2.05, 4.69) is 25.1 Å². The summed E-state index contributed by atoms with van der Waals surface area (Å²) in [6.45, 7) is 3.52. The predicted molar refractivity (Wildman–Crippen MR) is 102 cm³/mol. The van der Waals surface area contributed by atoms with Gasteiger partial charge in [-0.25, -0.2) is 18.4 Å². The summed E-state index contributed by atoms with van der Waals surface area (Å²) < 4.78 is 27.5. The molecule has 26 heavy (non-hydrogen) atoms. The number of sulfonamides is 1. The summed E-state index contributed by atoms with van der Waals surface area (Å²) in [5.41, 5.74) is 3.89. The van der Waals surface area contributed by atoms with Crippen molar-refractivity contribution in [2.75, 3.05) is 15.8 Å². The summed E-state index contributed by atoms with van der Waals surface area (Å²) in [6.07, 6.45) is 5.27. The van der Waals surface area contributed by atoms with Gasteiger partial charge in [-0.15, -0.1) is 0 Å². The standard InChI is InChI=1S/C17H20N6O2S/c1-4-26(24,25)22-14-7-5-13(6-8-14)16-12(2)9-18-17(21-16)20-15-10-19-23(3)11-15/h5-11,22H,4H2,1-3H3,(H,18,20,21). The van der Waals surface area contributed by atoms with Crippen molar-refractivity contribution in [3.8, 4) is 11.3 Å². The minimum Gasteiger partial charge on any atom is -0.321 e. The summed E-state index contributed by atoms with van der Waals surface area (Å²) >= 11 is 0. The number of hydrogen-bond donors (Lipinski definition) is 2. The summed E-state index contributed by atoms with van der Waals surface area (Å²) in [6, 6.07) is 7.10. The highest BCUT2D eigenvalue weighted by Gasteiger charge is 2.10. The van der Waals surface area contributed by atoms with E-state index in [0.29, 0.717) is 11.6 Å². The Morgan fingerprint density at radius 1 is 1.12 bits per heavy atom. The molecule has 136 valence electrons. The van der Waals surface area contributed by atoms with Crippen LogP contribution in [-0.2, 0) is 17.1 Å². The van der Waals surface area contributed by atoms with Gasteiger partial charge in [-0.1, -0.05) is 12.1 Å². The number of hydrogen-bond acceptors (Lipinski definition) is 6. The van der Waals surface area contributed by atoms with Gasteiger partial charge in [-0.3, -0.25) is 9.40 Å². The average molecular weight is 372 g/mol. The molecule has 3 aromatic rings. The van der Waals surface area contributed by atoms with E-state index in [1.54, 1.807) is 36.1 Å². The lowest BCUT2D eigenvalue weighted by atomic mass is 10.1. The van der Waals surface area contributed by atoms with Gasteiger partial charge in [0.25, 0.3) is 0 Å². The van der Waals surface area contributed by atoms with Crippen LogP contribution in [-0.4, -0.2) is 33.9 Å². The maximum atomic E-state index is 11.7. The molecule has 8 nitrogen and oxygen atoms in total. The largest absolute Gasteiger partial charge is 0.321 e. The highest BCUT2D eigenvalue weighted by molar-refractivity contribution is 7.92. The maximum Gasteiger partial charge on any atom is 0.232 e. The average Bonchev–Trinajstić information content (AvgIpc) is 3.02. The van der Waals surface area contributed by atoms with E-state index in [-0.39, 0.29) is 5.75 Å². The van der Waals surface area contributed by atoms with Crippen molar-refractivity contribution in [1.29, 1.82) is 0 Å². The van der Waals surface area contributed by atoms with Gasteiger partial charge in [-0.2, -0.15) is 5.10 Å². The number of benzene rings is 1. The Bertz CT molecular complexity index is 1010. The third kappa shape index (κ3) is 4.17. The molecule has 0 aliphatic carbocycles. The van der Waals surface area contributed by atoms with E-state index in [9.17, 15) is 8.42 Å². The van der Waals surface area contributed by atoms with E-state index >= 15 is 0 Å². The highest BCUT2D eigenvalue weighted by atomic mass is 32.2. The van der Waals surface area contributed by atoms with E-state index in [1.807, 2.05) is 32.3 Å². The zero-order chi connectivity index (χ0) is 18.7. The van der Waals surface area contributed by atoms with Crippen molar-refractivity contribution >= 4 is 27.3 Å². The SMILES string of the molecule is CCS(=O)(=O)Nc1ccc(-c2nc(Nc3cnn(C)c3)ncc2C)cc1. The van der Waals surface area contributed by atoms with Crippen molar-refractivity contribution in [3.05, 3.63) is 48.4 Å². The topological polar surface area (TPSA) is 102 Å². The summed E-state index contributed by atoms with van der Waals surface area (Å²) in [5.74, 6) is 0.498. The van der Waals surface area contributed by atoms with E-state index < -0.39 is 10.0 Å². The normalized spacial score (nSPS) is 11.3. The minimum absolute atomic E-state index is 0.0309. The minimum atomic E-state index is -3.29. The van der Waals surface area contributed by atoms with Gasteiger partial charge in [0.1, 0.15) is 0 Å². The zero-order valence-corrected chi connectivity index (χ0v) is 15.6.